The predicted molar refractivity (Wildman–Crippen MR) is 62.1 cm³/mol. The molecule has 17 heavy (non-hydrogen) atoms. The van der Waals surface area contributed by atoms with Crippen molar-refractivity contribution < 1.29 is 4.74 Å². The van der Waals surface area contributed by atoms with E-state index in [9.17, 15) is 0 Å². The first kappa shape index (κ1) is 11.6. The second-order valence-corrected chi connectivity index (χ2v) is 3.70. The van der Waals surface area contributed by atoms with Crippen molar-refractivity contribution in [1.29, 1.82) is 0 Å². The Morgan fingerprint density at radius 3 is 2.65 bits per heavy atom. The normalized spacial score (nSPS) is 12.7. The molecule has 0 aliphatic rings. The topological polar surface area (TPSA) is 82.9 Å². The molecule has 2 aromatic rings. The Morgan fingerprint density at radius 2 is 2.12 bits per heavy atom. The molecule has 7 nitrogen and oxygen atoms in total. The molecule has 1 unspecified atom stereocenters. The third-order valence-electron chi connectivity index (χ3n) is 2.76. The van der Waals surface area contributed by atoms with Crippen molar-refractivity contribution in [3.8, 4) is 5.75 Å². The Bertz CT molecular complexity index is 503. The van der Waals surface area contributed by atoms with Crippen LogP contribution < -0.4 is 16.0 Å². The minimum absolute atomic E-state index is 0.218. The van der Waals surface area contributed by atoms with E-state index in [1.54, 1.807) is 28.9 Å². The smallest absolute Gasteiger partial charge is 0.162 e. The highest BCUT2D eigenvalue weighted by molar-refractivity contribution is 5.33. The molecule has 3 N–H and O–H groups in total. The van der Waals surface area contributed by atoms with Gasteiger partial charge in [0.1, 0.15) is 11.7 Å². The zero-order chi connectivity index (χ0) is 12.4. The summed E-state index contributed by atoms with van der Waals surface area (Å²) in [7, 11) is 5.32. The molecular weight excluding hydrogens is 220 g/mol. The van der Waals surface area contributed by atoms with Crippen LogP contribution in [0, 0.1) is 0 Å². The van der Waals surface area contributed by atoms with Crippen LogP contribution in [0.5, 0.6) is 5.75 Å². The van der Waals surface area contributed by atoms with Crippen molar-refractivity contribution in [2.45, 2.75) is 6.04 Å². The zero-order valence-electron chi connectivity index (χ0n) is 10.1. The van der Waals surface area contributed by atoms with Crippen LogP contribution in [-0.4, -0.2) is 26.7 Å². The average molecular weight is 236 g/mol. The molecule has 0 saturated heterocycles. The van der Waals surface area contributed by atoms with Crippen LogP contribution in [0.2, 0.25) is 0 Å². The first-order valence-corrected chi connectivity index (χ1v) is 5.19. The molecule has 2 rings (SSSR count). The molecule has 0 aromatic carbocycles. The Hall–Kier alpha value is -1.86. The van der Waals surface area contributed by atoms with E-state index in [-0.39, 0.29) is 6.04 Å². The Labute approximate surface area is 99.1 Å². The number of methoxy groups -OCH3 is 1. The fourth-order valence-corrected chi connectivity index (χ4v) is 1.88. The van der Waals surface area contributed by atoms with E-state index in [2.05, 4.69) is 15.6 Å². The number of ether oxygens (including phenoxy) is 1. The lowest BCUT2D eigenvalue weighted by Crippen LogP contribution is -2.32. The number of aryl methyl sites for hydroxylation is 2. The summed E-state index contributed by atoms with van der Waals surface area (Å²) >= 11 is 0. The van der Waals surface area contributed by atoms with E-state index < -0.39 is 0 Å². The number of aromatic nitrogens is 4. The Balaban J connectivity index is 2.49. The van der Waals surface area contributed by atoms with Gasteiger partial charge in [0.05, 0.1) is 19.0 Å². The van der Waals surface area contributed by atoms with Gasteiger partial charge in [-0.15, -0.1) is 0 Å². The van der Waals surface area contributed by atoms with E-state index in [4.69, 9.17) is 10.6 Å². The van der Waals surface area contributed by atoms with Gasteiger partial charge < -0.3 is 4.74 Å². The number of rotatable bonds is 4. The second-order valence-electron chi connectivity index (χ2n) is 3.70. The Kier molecular flexibility index (Phi) is 3.12. The first-order valence-electron chi connectivity index (χ1n) is 5.19. The van der Waals surface area contributed by atoms with E-state index in [0.29, 0.717) is 5.75 Å². The maximum atomic E-state index is 5.63. The fraction of sp³-hybridized carbons (Fsp3) is 0.400. The summed E-state index contributed by atoms with van der Waals surface area (Å²) in [5.41, 5.74) is 4.56. The maximum absolute atomic E-state index is 5.63. The standard InChI is InChI=1S/C10H16N6O/c1-15-7(4-5-12-15)9(14-11)10-8(17-3)6-13-16(10)2/h4-6,9,14H,11H2,1-3H3. The van der Waals surface area contributed by atoms with Gasteiger partial charge in [-0.1, -0.05) is 0 Å². The zero-order valence-corrected chi connectivity index (χ0v) is 10.1. The largest absolute Gasteiger partial charge is 0.493 e. The molecule has 2 aromatic heterocycles. The highest BCUT2D eigenvalue weighted by Crippen LogP contribution is 2.28. The molecule has 0 radical (unpaired) electrons. The lowest BCUT2D eigenvalue weighted by atomic mass is 10.1. The van der Waals surface area contributed by atoms with Gasteiger partial charge in [-0.25, -0.2) is 5.43 Å². The monoisotopic (exact) mass is 236 g/mol. The summed E-state index contributed by atoms with van der Waals surface area (Å²) < 4.78 is 8.77. The van der Waals surface area contributed by atoms with Crippen LogP contribution in [0.1, 0.15) is 17.4 Å². The van der Waals surface area contributed by atoms with Gasteiger partial charge in [0.15, 0.2) is 5.75 Å². The number of nitrogens with one attached hydrogen (secondary N) is 1. The van der Waals surface area contributed by atoms with Crippen LogP contribution in [-0.2, 0) is 14.1 Å². The molecule has 0 fully saturated rings. The molecule has 0 saturated carbocycles. The van der Waals surface area contributed by atoms with Crippen LogP contribution in [0.4, 0.5) is 0 Å². The number of nitrogens with two attached hydrogens (primary N) is 1. The fourth-order valence-electron chi connectivity index (χ4n) is 1.88. The summed E-state index contributed by atoms with van der Waals surface area (Å²) in [6.45, 7) is 0. The van der Waals surface area contributed by atoms with Gasteiger partial charge in [-0.3, -0.25) is 15.2 Å². The molecule has 2 heterocycles. The van der Waals surface area contributed by atoms with Crippen molar-refractivity contribution in [1.82, 2.24) is 25.0 Å². The van der Waals surface area contributed by atoms with Gasteiger partial charge in [0.2, 0.25) is 0 Å². The van der Waals surface area contributed by atoms with E-state index in [1.165, 1.54) is 0 Å². The van der Waals surface area contributed by atoms with Crippen LogP contribution >= 0.6 is 0 Å². The highest BCUT2D eigenvalue weighted by atomic mass is 16.5. The molecule has 0 spiro atoms. The summed E-state index contributed by atoms with van der Waals surface area (Å²) in [5, 5.41) is 8.29. The molecule has 7 heteroatoms. The molecule has 0 bridgehead atoms. The maximum Gasteiger partial charge on any atom is 0.162 e. The average Bonchev–Trinajstić information content (AvgIpc) is 2.89. The third-order valence-corrected chi connectivity index (χ3v) is 2.76. The van der Waals surface area contributed by atoms with Crippen molar-refractivity contribution in [2.24, 2.45) is 19.9 Å². The number of hydrogen-bond acceptors (Lipinski definition) is 5. The predicted octanol–water partition coefficient (Wildman–Crippen LogP) is -0.285. The van der Waals surface area contributed by atoms with Gasteiger partial charge >= 0.3 is 0 Å². The molecule has 0 aliphatic heterocycles. The van der Waals surface area contributed by atoms with E-state index >= 15 is 0 Å². The molecular formula is C10H16N6O. The van der Waals surface area contributed by atoms with Crippen molar-refractivity contribution in [2.75, 3.05) is 7.11 Å². The minimum atomic E-state index is -0.218. The van der Waals surface area contributed by atoms with Crippen molar-refractivity contribution in [3.05, 3.63) is 29.8 Å². The van der Waals surface area contributed by atoms with E-state index in [1.807, 2.05) is 20.2 Å². The van der Waals surface area contributed by atoms with Crippen LogP contribution in [0.25, 0.3) is 0 Å². The lowest BCUT2D eigenvalue weighted by molar-refractivity contribution is 0.399. The van der Waals surface area contributed by atoms with Crippen LogP contribution in [0.15, 0.2) is 18.5 Å². The number of nitrogens with zero attached hydrogens (tertiary/aromatic N) is 4. The quantitative estimate of drug-likeness (QED) is 0.563. The molecule has 0 aliphatic carbocycles. The van der Waals surface area contributed by atoms with Gasteiger partial charge in [0, 0.05) is 20.3 Å². The lowest BCUT2D eigenvalue weighted by Gasteiger charge is -2.17. The number of hydrazine groups is 1. The third kappa shape index (κ3) is 1.90. The van der Waals surface area contributed by atoms with Gasteiger partial charge in [-0.05, 0) is 6.07 Å². The minimum Gasteiger partial charge on any atom is -0.493 e. The summed E-state index contributed by atoms with van der Waals surface area (Å²) in [6, 6.07) is 1.68. The van der Waals surface area contributed by atoms with Crippen LogP contribution in [0.3, 0.4) is 0 Å². The number of hydrogen-bond donors (Lipinski definition) is 2. The SMILES string of the molecule is COc1cnn(C)c1C(NN)c1ccnn1C. The Morgan fingerprint density at radius 1 is 1.35 bits per heavy atom. The van der Waals surface area contributed by atoms with Gasteiger partial charge in [-0.2, -0.15) is 10.2 Å². The second kappa shape index (κ2) is 4.56. The van der Waals surface area contributed by atoms with Crippen molar-refractivity contribution in [3.63, 3.8) is 0 Å². The summed E-state index contributed by atoms with van der Waals surface area (Å²) in [5.74, 6) is 6.32. The molecule has 1 atom stereocenters. The van der Waals surface area contributed by atoms with Crippen molar-refractivity contribution >= 4 is 0 Å². The summed E-state index contributed by atoms with van der Waals surface area (Å²) in [4.78, 5) is 0. The molecule has 0 amide bonds. The summed E-state index contributed by atoms with van der Waals surface area (Å²) in [6.07, 6.45) is 3.39. The molecule has 92 valence electrons. The van der Waals surface area contributed by atoms with Gasteiger partial charge in [0.25, 0.3) is 0 Å². The van der Waals surface area contributed by atoms with E-state index in [0.717, 1.165) is 11.4 Å². The highest BCUT2D eigenvalue weighted by Gasteiger charge is 2.23. The first-order chi connectivity index (χ1) is 8.19.